The minimum Gasteiger partial charge on any atom is -0.312 e. The molecule has 1 aromatic carbocycles. The van der Waals surface area contributed by atoms with Gasteiger partial charge in [-0.1, -0.05) is 30.1 Å². The number of halogens is 2. The standard InChI is InChI=1S/C11H16Cl2N2O2S/c1-2-15-18(16,17)6-5-14-8-9-7-10(12)3-4-11(9)13/h3-4,7,14-15H,2,5-6,8H2,1H3. The zero-order valence-corrected chi connectivity index (χ0v) is 12.4. The van der Waals surface area contributed by atoms with E-state index < -0.39 is 10.0 Å². The lowest BCUT2D eigenvalue weighted by Gasteiger charge is -2.08. The van der Waals surface area contributed by atoms with Crippen molar-refractivity contribution in [3.05, 3.63) is 33.8 Å². The van der Waals surface area contributed by atoms with Crippen molar-refractivity contribution in [1.82, 2.24) is 10.0 Å². The fraction of sp³-hybridized carbons (Fsp3) is 0.455. The van der Waals surface area contributed by atoms with Crippen molar-refractivity contribution >= 4 is 33.2 Å². The molecule has 2 N–H and O–H groups in total. The summed E-state index contributed by atoms with van der Waals surface area (Å²) in [4.78, 5) is 0. The van der Waals surface area contributed by atoms with Crippen LogP contribution < -0.4 is 10.0 Å². The van der Waals surface area contributed by atoms with Gasteiger partial charge in [0.1, 0.15) is 0 Å². The molecular weight excluding hydrogens is 295 g/mol. The van der Waals surface area contributed by atoms with Gasteiger partial charge in [0.25, 0.3) is 0 Å². The highest BCUT2D eigenvalue weighted by atomic mass is 35.5. The summed E-state index contributed by atoms with van der Waals surface area (Å²) in [6, 6.07) is 5.19. The number of sulfonamides is 1. The van der Waals surface area contributed by atoms with E-state index in [-0.39, 0.29) is 5.75 Å². The third-order valence-electron chi connectivity index (χ3n) is 2.24. The second kappa shape index (κ2) is 7.31. The highest BCUT2D eigenvalue weighted by molar-refractivity contribution is 7.89. The molecule has 102 valence electrons. The Morgan fingerprint density at radius 1 is 1.28 bits per heavy atom. The zero-order chi connectivity index (χ0) is 13.6. The lowest BCUT2D eigenvalue weighted by molar-refractivity contribution is 0.579. The number of hydrogen-bond acceptors (Lipinski definition) is 3. The highest BCUT2D eigenvalue weighted by Gasteiger charge is 2.07. The summed E-state index contributed by atoms with van der Waals surface area (Å²) in [5.74, 6) is 0.0407. The van der Waals surface area contributed by atoms with Crippen LogP contribution >= 0.6 is 23.2 Å². The fourth-order valence-electron chi connectivity index (χ4n) is 1.40. The van der Waals surface area contributed by atoms with E-state index in [1.165, 1.54) is 0 Å². The van der Waals surface area contributed by atoms with Crippen LogP contribution in [0.3, 0.4) is 0 Å². The molecule has 0 spiro atoms. The van der Waals surface area contributed by atoms with Gasteiger partial charge in [-0.2, -0.15) is 0 Å². The summed E-state index contributed by atoms with van der Waals surface area (Å²) >= 11 is 11.8. The molecule has 0 atom stereocenters. The topological polar surface area (TPSA) is 58.2 Å². The Bertz CT molecular complexity index is 492. The summed E-state index contributed by atoms with van der Waals surface area (Å²) in [5, 5.41) is 4.24. The summed E-state index contributed by atoms with van der Waals surface area (Å²) in [6.45, 7) is 3.00. The number of benzene rings is 1. The van der Waals surface area contributed by atoms with Crippen molar-refractivity contribution in [2.75, 3.05) is 18.8 Å². The van der Waals surface area contributed by atoms with Gasteiger partial charge in [-0.05, 0) is 23.8 Å². The first-order valence-electron chi connectivity index (χ1n) is 5.56. The van der Waals surface area contributed by atoms with Gasteiger partial charge in [-0.15, -0.1) is 0 Å². The summed E-state index contributed by atoms with van der Waals surface area (Å²) in [7, 11) is -3.18. The molecule has 18 heavy (non-hydrogen) atoms. The van der Waals surface area contributed by atoms with Crippen LogP contribution in [-0.4, -0.2) is 27.3 Å². The van der Waals surface area contributed by atoms with Crippen LogP contribution in [0.2, 0.25) is 10.0 Å². The molecule has 7 heteroatoms. The molecule has 4 nitrogen and oxygen atoms in total. The van der Waals surface area contributed by atoms with Crippen LogP contribution in [0, 0.1) is 0 Å². The van der Waals surface area contributed by atoms with Gasteiger partial charge < -0.3 is 5.32 Å². The van der Waals surface area contributed by atoms with Crippen molar-refractivity contribution in [2.45, 2.75) is 13.5 Å². The van der Waals surface area contributed by atoms with Crippen LogP contribution in [0.1, 0.15) is 12.5 Å². The van der Waals surface area contributed by atoms with Crippen LogP contribution in [0.15, 0.2) is 18.2 Å². The van der Waals surface area contributed by atoms with Gasteiger partial charge >= 0.3 is 0 Å². The first-order valence-corrected chi connectivity index (χ1v) is 7.97. The molecule has 0 aliphatic carbocycles. The predicted octanol–water partition coefficient (Wildman–Crippen LogP) is 2.02. The largest absolute Gasteiger partial charge is 0.312 e. The van der Waals surface area contributed by atoms with Crippen LogP contribution in [0.5, 0.6) is 0 Å². The first kappa shape index (κ1) is 15.7. The maximum atomic E-state index is 11.4. The van der Waals surface area contributed by atoms with Crippen molar-refractivity contribution in [3.63, 3.8) is 0 Å². The molecule has 0 saturated carbocycles. The minimum absolute atomic E-state index is 0.0407. The molecule has 0 heterocycles. The molecule has 0 amide bonds. The lowest BCUT2D eigenvalue weighted by Crippen LogP contribution is -2.31. The number of rotatable bonds is 7. The SMILES string of the molecule is CCNS(=O)(=O)CCNCc1cc(Cl)ccc1Cl. The summed E-state index contributed by atoms with van der Waals surface area (Å²) < 4.78 is 25.2. The Morgan fingerprint density at radius 3 is 2.67 bits per heavy atom. The monoisotopic (exact) mass is 310 g/mol. The van der Waals surface area contributed by atoms with Crippen LogP contribution in [-0.2, 0) is 16.6 Å². The number of nitrogens with one attached hydrogen (secondary N) is 2. The van der Waals surface area contributed by atoms with E-state index in [0.29, 0.717) is 29.7 Å². The lowest BCUT2D eigenvalue weighted by atomic mass is 10.2. The summed E-state index contributed by atoms with van der Waals surface area (Å²) in [6.07, 6.45) is 0. The van der Waals surface area contributed by atoms with E-state index in [0.717, 1.165) is 5.56 Å². The second-order valence-corrected chi connectivity index (χ2v) is 6.50. The molecule has 1 rings (SSSR count). The third kappa shape index (κ3) is 5.54. The molecule has 0 fully saturated rings. The van der Waals surface area contributed by atoms with Gasteiger partial charge in [-0.25, -0.2) is 13.1 Å². The average Bonchev–Trinajstić information content (AvgIpc) is 2.29. The molecule has 0 bridgehead atoms. The Kier molecular flexibility index (Phi) is 6.38. The fourth-order valence-corrected chi connectivity index (χ4v) is 2.78. The van der Waals surface area contributed by atoms with E-state index >= 15 is 0 Å². The molecule has 0 unspecified atom stereocenters. The maximum Gasteiger partial charge on any atom is 0.212 e. The quantitative estimate of drug-likeness (QED) is 0.758. The molecule has 0 aliphatic rings. The van der Waals surface area contributed by atoms with E-state index in [9.17, 15) is 8.42 Å². The average molecular weight is 311 g/mol. The van der Waals surface area contributed by atoms with E-state index in [2.05, 4.69) is 10.0 Å². The van der Waals surface area contributed by atoms with Crippen LogP contribution in [0.4, 0.5) is 0 Å². The Labute approximate surface area is 118 Å². The molecular formula is C11H16Cl2N2O2S. The zero-order valence-electron chi connectivity index (χ0n) is 10.0. The van der Waals surface area contributed by atoms with Gasteiger partial charge in [0.15, 0.2) is 0 Å². The molecule has 0 aliphatic heterocycles. The van der Waals surface area contributed by atoms with Crippen molar-refractivity contribution in [2.24, 2.45) is 0 Å². The van der Waals surface area contributed by atoms with Gasteiger partial charge in [0.05, 0.1) is 5.75 Å². The minimum atomic E-state index is -3.18. The van der Waals surface area contributed by atoms with Gasteiger partial charge in [0, 0.05) is 29.7 Å². The molecule has 0 radical (unpaired) electrons. The van der Waals surface area contributed by atoms with E-state index in [4.69, 9.17) is 23.2 Å². The maximum absolute atomic E-state index is 11.4. The Hall–Kier alpha value is -0.330. The van der Waals surface area contributed by atoms with Gasteiger partial charge in [-0.3, -0.25) is 0 Å². The van der Waals surface area contributed by atoms with Gasteiger partial charge in [0.2, 0.25) is 10.0 Å². The summed E-state index contributed by atoms with van der Waals surface area (Å²) in [5.41, 5.74) is 0.852. The third-order valence-corrected chi connectivity index (χ3v) is 4.31. The van der Waals surface area contributed by atoms with E-state index in [1.54, 1.807) is 25.1 Å². The normalized spacial score (nSPS) is 11.7. The van der Waals surface area contributed by atoms with Crippen molar-refractivity contribution in [3.8, 4) is 0 Å². The molecule has 0 saturated heterocycles. The number of hydrogen-bond donors (Lipinski definition) is 2. The van der Waals surface area contributed by atoms with E-state index in [1.807, 2.05) is 0 Å². The predicted molar refractivity (Wildman–Crippen MR) is 75.6 cm³/mol. The van der Waals surface area contributed by atoms with Crippen molar-refractivity contribution < 1.29 is 8.42 Å². The highest BCUT2D eigenvalue weighted by Crippen LogP contribution is 2.20. The first-order chi connectivity index (χ1) is 8.44. The smallest absolute Gasteiger partial charge is 0.212 e. The Balaban J connectivity index is 2.40. The van der Waals surface area contributed by atoms with Crippen LogP contribution in [0.25, 0.3) is 0 Å². The molecule has 1 aromatic rings. The molecule has 0 aromatic heterocycles. The Morgan fingerprint density at radius 2 is 2.00 bits per heavy atom. The second-order valence-electron chi connectivity index (χ2n) is 3.73. The van der Waals surface area contributed by atoms with Crippen molar-refractivity contribution in [1.29, 1.82) is 0 Å².